The van der Waals surface area contributed by atoms with Gasteiger partial charge in [0.15, 0.2) is 0 Å². The van der Waals surface area contributed by atoms with Crippen LogP contribution in [-0.4, -0.2) is 15.8 Å². The maximum absolute atomic E-state index is 2.71. The van der Waals surface area contributed by atoms with Gasteiger partial charge in [-0.2, -0.15) is 0 Å². The third kappa shape index (κ3) is 6.88. The van der Waals surface area contributed by atoms with Crippen LogP contribution in [0.15, 0.2) is 243 Å². The molecule has 2 aliphatic rings. The highest BCUT2D eigenvalue weighted by atomic mass is 31.1. The molecule has 5 heteroatoms. The van der Waals surface area contributed by atoms with Crippen LogP contribution in [0.25, 0.3) is 77.2 Å². The van der Waals surface area contributed by atoms with E-state index in [9.17, 15) is 0 Å². The molecule has 11 aromatic carbocycles. The molecule has 4 heterocycles. The Morgan fingerprint density at radius 3 is 1.42 bits per heavy atom. The lowest BCUT2D eigenvalue weighted by Gasteiger charge is -2.45. The Hall–Kier alpha value is -8.69. The summed E-state index contributed by atoms with van der Waals surface area (Å²) in [6, 6.07) is 91.4. The molecule has 13 aromatic rings. The van der Waals surface area contributed by atoms with E-state index in [-0.39, 0.29) is 12.1 Å². The molecule has 1 atom stereocenters. The zero-order chi connectivity index (χ0) is 51.7. The number of fused-ring (bicyclic) bond motifs is 10. The Labute approximate surface area is 452 Å². The third-order valence-electron chi connectivity index (χ3n) is 16.8. The van der Waals surface area contributed by atoms with Gasteiger partial charge >= 0.3 is 0 Å². The third-order valence-corrected chi connectivity index (χ3v) is 19.5. The standard InChI is InChI=1S/C72H55BN3P/c1-46-60(74-62-33-19-15-29-54(62)55-30-16-20-34-63(55)74)41-39-58-70(46)76(66-43-50(48-23-9-6-10-24-48)37-38-53(66)49-25-11-7-12-26-49)67-44-51(72(3,4)5)45-68-69(67)73(58)59-40-42-61(47(2)71(59)77(68)52-27-13-8-14-28-52)75-64-35-21-17-31-56(64)57-32-18-22-36-65(57)75/h6-45H,1-5H3. The van der Waals surface area contributed by atoms with Gasteiger partial charge in [-0.05, 0) is 136 Å². The molecule has 0 bridgehead atoms. The molecule has 0 aliphatic carbocycles. The van der Waals surface area contributed by atoms with E-state index in [1.807, 2.05) is 0 Å². The van der Waals surface area contributed by atoms with Crippen LogP contribution >= 0.6 is 7.92 Å². The second-order valence-corrected chi connectivity index (χ2v) is 24.2. The summed E-state index contributed by atoms with van der Waals surface area (Å²) in [6.07, 6.45) is 0. The van der Waals surface area contributed by atoms with Gasteiger partial charge in [-0.3, -0.25) is 0 Å². The molecule has 0 fully saturated rings. The van der Waals surface area contributed by atoms with E-state index in [2.05, 4.69) is 291 Å². The van der Waals surface area contributed by atoms with Crippen LogP contribution in [0.3, 0.4) is 0 Å². The second-order valence-electron chi connectivity index (χ2n) is 22.1. The minimum absolute atomic E-state index is 0.0491. The van der Waals surface area contributed by atoms with Crippen molar-refractivity contribution in [1.82, 2.24) is 9.13 Å². The van der Waals surface area contributed by atoms with Gasteiger partial charge < -0.3 is 14.0 Å². The lowest BCUT2D eigenvalue weighted by Crippen LogP contribution is -2.68. The van der Waals surface area contributed by atoms with Gasteiger partial charge in [-0.1, -0.05) is 220 Å². The molecule has 1 unspecified atom stereocenters. The normalized spacial score (nSPS) is 13.9. The van der Waals surface area contributed by atoms with Gasteiger partial charge in [-0.15, -0.1) is 0 Å². The molecule has 0 spiro atoms. The molecule has 0 N–H and O–H groups in total. The molecule has 0 saturated heterocycles. The van der Waals surface area contributed by atoms with Crippen molar-refractivity contribution < 1.29 is 0 Å². The van der Waals surface area contributed by atoms with Gasteiger partial charge in [-0.25, -0.2) is 0 Å². The Morgan fingerprint density at radius 1 is 0.390 bits per heavy atom. The largest absolute Gasteiger partial charge is 0.310 e. The second kappa shape index (κ2) is 17.4. The predicted molar refractivity (Wildman–Crippen MR) is 332 cm³/mol. The minimum atomic E-state index is -1.07. The molecule has 0 amide bonds. The predicted octanol–water partition coefficient (Wildman–Crippen LogP) is 15.5. The van der Waals surface area contributed by atoms with Crippen LogP contribution < -0.4 is 37.2 Å². The van der Waals surface area contributed by atoms with Gasteiger partial charge in [0.05, 0.1) is 33.4 Å². The maximum atomic E-state index is 2.71. The van der Waals surface area contributed by atoms with E-state index in [4.69, 9.17) is 0 Å². The fourth-order valence-corrected chi connectivity index (χ4v) is 16.2. The van der Waals surface area contributed by atoms with Crippen molar-refractivity contribution in [3.63, 3.8) is 0 Å². The number of hydrogen-bond acceptors (Lipinski definition) is 1. The number of aromatic nitrogens is 2. The summed E-state index contributed by atoms with van der Waals surface area (Å²) in [6.45, 7) is 11.9. The monoisotopic (exact) mass is 1000 g/mol. The van der Waals surface area contributed by atoms with Crippen molar-refractivity contribution in [1.29, 1.82) is 0 Å². The number of anilines is 3. The molecule has 77 heavy (non-hydrogen) atoms. The average molecular weight is 1000 g/mol. The van der Waals surface area contributed by atoms with Gasteiger partial charge in [0.1, 0.15) is 0 Å². The Bertz CT molecular complexity index is 4420. The average Bonchev–Trinajstić information content (AvgIpc) is 4.09. The Kier molecular flexibility index (Phi) is 10.3. The quantitative estimate of drug-likeness (QED) is 0.120. The zero-order valence-corrected chi connectivity index (χ0v) is 44.9. The van der Waals surface area contributed by atoms with Crippen molar-refractivity contribution >= 4 is 108 Å². The maximum Gasteiger partial charge on any atom is 0.248 e. The summed E-state index contributed by atoms with van der Waals surface area (Å²) < 4.78 is 5.06. The summed E-state index contributed by atoms with van der Waals surface area (Å²) in [5.74, 6) is 0. The Balaban J connectivity index is 1.10. The molecule has 2 aliphatic heterocycles. The highest BCUT2D eigenvalue weighted by molar-refractivity contribution is 7.81. The van der Waals surface area contributed by atoms with Crippen molar-refractivity contribution in [3.05, 3.63) is 259 Å². The fourth-order valence-electron chi connectivity index (χ4n) is 13.3. The molecule has 2 aromatic heterocycles. The molecule has 3 nitrogen and oxygen atoms in total. The highest BCUT2D eigenvalue weighted by Gasteiger charge is 2.47. The van der Waals surface area contributed by atoms with E-state index < -0.39 is 7.92 Å². The lowest BCUT2D eigenvalue weighted by molar-refractivity contribution is 0.591. The van der Waals surface area contributed by atoms with Gasteiger partial charge in [0.2, 0.25) is 6.71 Å². The van der Waals surface area contributed by atoms with Gasteiger partial charge in [0.25, 0.3) is 0 Å². The van der Waals surface area contributed by atoms with E-state index in [0.717, 1.165) is 0 Å². The van der Waals surface area contributed by atoms with Gasteiger partial charge in [0, 0.05) is 44.2 Å². The van der Waals surface area contributed by atoms with E-state index in [0.29, 0.717) is 0 Å². The smallest absolute Gasteiger partial charge is 0.248 e. The molecule has 366 valence electrons. The van der Waals surface area contributed by atoms with Crippen LogP contribution in [0, 0.1) is 13.8 Å². The highest BCUT2D eigenvalue weighted by Crippen LogP contribution is 2.50. The molecule has 0 radical (unpaired) electrons. The summed E-state index contributed by atoms with van der Waals surface area (Å²) in [5, 5.41) is 9.33. The molecular formula is C72H55BN3P. The van der Waals surface area contributed by atoms with Crippen molar-refractivity contribution in [2.24, 2.45) is 0 Å². The summed E-state index contributed by atoms with van der Waals surface area (Å²) >= 11 is 0. The fraction of sp³-hybridized carbons (Fsp3) is 0.0833. The van der Waals surface area contributed by atoms with Crippen molar-refractivity contribution in [2.45, 2.75) is 40.0 Å². The number of rotatable bonds is 6. The number of hydrogen-bond donors (Lipinski definition) is 0. The zero-order valence-electron chi connectivity index (χ0n) is 44.0. The minimum Gasteiger partial charge on any atom is -0.310 e. The first-order valence-corrected chi connectivity index (χ1v) is 28.4. The molecule has 15 rings (SSSR count). The molecule has 0 saturated carbocycles. The number of nitrogens with zero attached hydrogens (tertiary/aromatic N) is 3. The topological polar surface area (TPSA) is 13.1 Å². The van der Waals surface area contributed by atoms with Crippen LogP contribution in [0.5, 0.6) is 0 Å². The van der Waals surface area contributed by atoms with Crippen LogP contribution in [0.4, 0.5) is 17.1 Å². The van der Waals surface area contributed by atoms with E-state index >= 15 is 0 Å². The van der Waals surface area contributed by atoms with Crippen LogP contribution in [0.2, 0.25) is 0 Å². The van der Waals surface area contributed by atoms with Crippen LogP contribution in [0.1, 0.15) is 37.5 Å². The SMILES string of the molecule is Cc1c(-n2c3ccccc3c3ccccc32)ccc2c1N(c1cc(-c3ccccc3)ccc1-c1ccccc1)c1cc(C(C)(C)C)cc3c1B2c1ccc(-n2c4ccccc4c4ccccc42)c(C)c1P3c1ccccc1. The first-order chi connectivity index (χ1) is 37.7. The number of benzene rings is 11. The molecular weight excluding hydrogens is 949 g/mol. The van der Waals surface area contributed by atoms with Crippen molar-refractivity contribution in [3.8, 4) is 33.6 Å². The first kappa shape index (κ1) is 45.7. The summed E-state index contributed by atoms with van der Waals surface area (Å²) in [7, 11) is -1.07. The number of para-hydroxylation sites is 4. The van der Waals surface area contributed by atoms with Crippen LogP contribution in [-0.2, 0) is 5.41 Å². The van der Waals surface area contributed by atoms with E-state index in [1.165, 1.54) is 143 Å². The van der Waals surface area contributed by atoms with E-state index in [1.54, 1.807) is 0 Å². The first-order valence-electron chi connectivity index (χ1n) is 27.1. The summed E-state index contributed by atoms with van der Waals surface area (Å²) in [4.78, 5) is 2.71. The Morgan fingerprint density at radius 2 is 0.870 bits per heavy atom. The summed E-state index contributed by atoms with van der Waals surface area (Å²) in [5.41, 5.74) is 23.6. The van der Waals surface area contributed by atoms with Crippen molar-refractivity contribution in [2.75, 3.05) is 4.90 Å². The lowest BCUT2D eigenvalue weighted by atomic mass is 9.34.